The van der Waals surface area contributed by atoms with Gasteiger partial charge in [-0.1, -0.05) is 0 Å². The summed E-state index contributed by atoms with van der Waals surface area (Å²) >= 11 is 5.78. The number of imidazole rings is 1. The van der Waals surface area contributed by atoms with E-state index in [1.54, 1.807) is 13.1 Å². The van der Waals surface area contributed by atoms with Crippen molar-refractivity contribution in [1.82, 2.24) is 14.5 Å². The van der Waals surface area contributed by atoms with E-state index in [-0.39, 0.29) is 5.97 Å². The number of halogens is 1. The van der Waals surface area contributed by atoms with Crippen LogP contribution in [-0.2, 0) is 22.5 Å². The van der Waals surface area contributed by atoms with Crippen LogP contribution in [0.15, 0.2) is 18.3 Å². The van der Waals surface area contributed by atoms with Crippen molar-refractivity contribution >= 4 is 28.7 Å². The second kappa shape index (κ2) is 6.52. The molecule has 102 valence electrons. The van der Waals surface area contributed by atoms with Crippen LogP contribution in [-0.4, -0.2) is 33.0 Å². The Labute approximate surface area is 116 Å². The van der Waals surface area contributed by atoms with E-state index in [1.165, 1.54) is 0 Å². The Morgan fingerprint density at radius 3 is 3.11 bits per heavy atom. The van der Waals surface area contributed by atoms with Crippen molar-refractivity contribution < 1.29 is 9.53 Å². The van der Waals surface area contributed by atoms with Crippen LogP contribution in [0.5, 0.6) is 0 Å². The minimum absolute atomic E-state index is 0.211. The highest BCUT2D eigenvalue weighted by atomic mass is 35.5. The zero-order chi connectivity index (χ0) is 13.7. The molecule has 0 atom stereocenters. The standard InChI is InChI=1S/C13H16ClN3O2/c1-2-19-12(18)6-9-17-11(5-7-14)16-10-4-3-8-15-13(10)17/h3-4,8H,2,5-7,9H2,1H3. The van der Waals surface area contributed by atoms with Gasteiger partial charge in [0.2, 0.25) is 0 Å². The molecule has 0 aliphatic carbocycles. The molecule has 2 heterocycles. The molecule has 0 spiro atoms. The first-order valence-electron chi connectivity index (χ1n) is 6.28. The molecule has 2 aromatic heterocycles. The number of ether oxygens (including phenoxy) is 1. The lowest BCUT2D eigenvalue weighted by Crippen LogP contribution is -2.11. The molecule has 6 heteroatoms. The molecule has 0 radical (unpaired) electrons. The SMILES string of the molecule is CCOC(=O)CCn1c(CCCl)nc2cccnc21. The van der Waals surface area contributed by atoms with Crippen LogP contribution >= 0.6 is 11.6 Å². The third kappa shape index (κ3) is 3.23. The number of fused-ring (bicyclic) bond motifs is 1. The van der Waals surface area contributed by atoms with Crippen molar-refractivity contribution in [3.8, 4) is 0 Å². The lowest BCUT2D eigenvalue weighted by molar-refractivity contribution is -0.143. The molecule has 0 saturated heterocycles. The van der Waals surface area contributed by atoms with Crippen molar-refractivity contribution in [2.45, 2.75) is 26.3 Å². The van der Waals surface area contributed by atoms with Crippen LogP contribution in [0.25, 0.3) is 11.2 Å². The third-order valence-electron chi connectivity index (χ3n) is 2.75. The monoisotopic (exact) mass is 281 g/mol. The van der Waals surface area contributed by atoms with Gasteiger partial charge in [-0.05, 0) is 19.1 Å². The van der Waals surface area contributed by atoms with E-state index in [0.29, 0.717) is 31.9 Å². The molecule has 0 fully saturated rings. The average Bonchev–Trinajstić information content (AvgIpc) is 2.75. The summed E-state index contributed by atoms with van der Waals surface area (Å²) in [4.78, 5) is 20.2. The van der Waals surface area contributed by atoms with Gasteiger partial charge in [-0.2, -0.15) is 0 Å². The lowest BCUT2D eigenvalue weighted by atomic mass is 10.4. The Morgan fingerprint density at radius 2 is 2.37 bits per heavy atom. The van der Waals surface area contributed by atoms with E-state index >= 15 is 0 Å². The summed E-state index contributed by atoms with van der Waals surface area (Å²) in [6.45, 7) is 2.71. The number of rotatable bonds is 6. The molecule has 0 aliphatic heterocycles. The normalized spacial score (nSPS) is 10.8. The Bertz CT molecular complexity index is 568. The third-order valence-corrected chi connectivity index (χ3v) is 2.93. The summed E-state index contributed by atoms with van der Waals surface area (Å²) in [5.74, 6) is 1.13. The zero-order valence-corrected chi connectivity index (χ0v) is 11.6. The van der Waals surface area contributed by atoms with Crippen molar-refractivity contribution in [3.05, 3.63) is 24.2 Å². The van der Waals surface area contributed by atoms with Gasteiger partial charge in [0.25, 0.3) is 0 Å². The molecule has 5 nitrogen and oxygen atoms in total. The predicted octanol–water partition coefficient (Wildman–Crippen LogP) is 2.17. The number of aromatic nitrogens is 3. The van der Waals surface area contributed by atoms with E-state index in [0.717, 1.165) is 17.0 Å². The van der Waals surface area contributed by atoms with Crippen LogP contribution in [0.2, 0.25) is 0 Å². The van der Waals surface area contributed by atoms with Crippen molar-refractivity contribution in [2.24, 2.45) is 0 Å². The number of esters is 1. The van der Waals surface area contributed by atoms with E-state index in [1.807, 2.05) is 16.7 Å². The molecule has 0 amide bonds. The first-order chi connectivity index (χ1) is 9.26. The summed E-state index contributed by atoms with van der Waals surface area (Å²) in [5.41, 5.74) is 1.61. The van der Waals surface area contributed by atoms with Gasteiger partial charge in [0.1, 0.15) is 11.3 Å². The summed E-state index contributed by atoms with van der Waals surface area (Å²) in [5, 5.41) is 0. The van der Waals surface area contributed by atoms with E-state index < -0.39 is 0 Å². The smallest absolute Gasteiger partial charge is 0.307 e. The summed E-state index contributed by atoms with van der Waals surface area (Å²) < 4.78 is 6.87. The van der Waals surface area contributed by atoms with Crippen LogP contribution in [0.4, 0.5) is 0 Å². The number of pyridine rings is 1. The quantitative estimate of drug-likeness (QED) is 0.601. The largest absolute Gasteiger partial charge is 0.466 e. The van der Waals surface area contributed by atoms with Gasteiger partial charge in [0.15, 0.2) is 5.65 Å². The molecular weight excluding hydrogens is 266 g/mol. The van der Waals surface area contributed by atoms with Crippen LogP contribution in [0.3, 0.4) is 0 Å². The van der Waals surface area contributed by atoms with Crippen LogP contribution in [0.1, 0.15) is 19.2 Å². The number of carbonyl (C=O) groups is 1. The molecule has 0 saturated carbocycles. The molecule has 2 rings (SSSR count). The molecule has 0 N–H and O–H groups in total. The maximum Gasteiger partial charge on any atom is 0.307 e. The van der Waals surface area contributed by atoms with E-state index in [2.05, 4.69) is 9.97 Å². The maximum absolute atomic E-state index is 11.4. The van der Waals surface area contributed by atoms with E-state index in [4.69, 9.17) is 16.3 Å². The van der Waals surface area contributed by atoms with Gasteiger partial charge < -0.3 is 9.30 Å². The number of alkyl halides is 1. The fraction of sp³-hybridized carbons (Fsp3) is 0.462. The minimum atomic E-state index is -0.211. The number of hydrogen-bond donors (Lipinski definition) is 0. The first-order valence-corrected chi connectivity index (χ1v) is 6.81. The topological polar surface area (TPSA) is 57.0 Å². The number of carbonyl (C=O) groups excluding carboxylic acids is 1. The summed E-state index contributed by atoms with van der Waals surface area (Å²) in [7, 11) is 0. The predicted molar refractivity (Wildman–Crippen MR) is 73.2 cm³/mol. The van der Waals surface area contributed by atoms with Gasteiger partial charge >= 0.3 is 5.97 Å². The lowest BCUT2D eigenvalue weighted by Gasteiger charge is -2.07. The second-order valence-corrected chi connectivity index (χ2v) is 4.40. The van der Waals surface area contributed by atoms with Crippen molar-refractivity contribution in [2.75, 3.05) is 12.5 Å². The number of nitrogens with zero attached hydrogens (tertiary/aromatic N) is 3. The Hall–Kier alpha value is -1.62. The molecule has 0 bridgehead atoms. The average molecular weight is 282 g/mol. The van der Waals surface area contributed by atoms with Crippen LogP contribution < -0.4 is 0 Å². The molecule has 19 heavy (non-hydrogen) atoms. The van der Waals surface area contributed by atoms with E-state index in [9.17, 15) is 4.79 Å². The fourth-order valence-electron chi connectivity index (χ4n) is 1.95. The van der Waals surface area contributed by atoms with Gasteiger partial charge in [-0.15, -0.1) is 11.6 Å². The highest BCUT2D eigenvalue weighted by Crippen LogP contribution is 2.15. The minimum Gasteiger partial charge on any atom is -0.466 e. The van der Waals surface area contributed by atoms with Crippen molar-refractivity contribution in [1.29, 1.82) is 0 Å². The van der Waals surface area contributed by atoms with Crippen LogP contribution in [0, 0.1) is 0 Å². The van der Waals surface area contributed by atoms with Gasteiger partial charge in [-0.25, -0.2) is 9.97 Å². The maximum atomic E-state index is 11.4. The van der Waals surface area contributed by atoms with Gasteiger partial charge in [0, 0.05) is 25.0 Å². The molecule has 0 aliphatic rings. The van der Waals surface area contributed by atoms with Gasteiger partial charge in [-0.3, -0.25) is 4.79 Å². The van der Waals surface area contributed by atoms with Gasteiger partial charge in [0.05, 0.1) is 13.0 Å². The fourth-order valence-corrected chi connectivity index (χ4v) is 2.12. The number of hydrogen-bond acceptors (Lipinski definition) is 4. The highest BCUT2D eigenvalue weighted by molar-refractivity contribution is 6.17. The zero-order valence-electron chi connectivity index (χ0n) is 10.8. The first kappa shape index (κ1) is 13.8. The van der Waals surface area contributed by atoms with Crippen molar-refractivity contribution in [3.63, 3.8) is 0 Å². The molecular formula is C13H16ClN3O2. The summed E-state index contributed by atoms with van der Waals surface area (Å²) in [6.07, 6.45) is 2.68. The number of aryl methyl sites for hydroxylation is 2. The Kier molecular flexibility index (Phi) is 4.74. The second-order valence-electron chi connectivity index (χ2n) is 4.02. The molecule has 0 aromatic carbocycles. The summed E-state index contributed by atoms with van der Waals surface area (Å²) in [6, 6.07) is 3.75. The Morgan fingerprint density at radius 1 is 1.53 bits per heavy atom. The molecule has 0 unspecified atom stereocenters. The Balaban J connectivity index is 2.23. The highest BCUT2D eigenvalue weighted by Gasteiger charge is 2.12. The molecule has 2 aromatic rings.